The summed E-state index contributed by atoms with van der Waals surface area (Å²) in [5.74, 6) is -1.16. The van der Waals surface area contributed by atoms with Crippen LogP contribution in [0.25, 0.3) is 22.0 Å². The number of aromatic amines is 1. The van der Waals surface area contributed by atoms with Gasteiger partial charge >= 0.3 is 5.97 Å². The molecule has 0 aliphatic carbocycles. The number of benzene rings is 3. The van der Waals surface area contributed by atoms with E-state index >= 15 is 0 Å². The number of fused-ring (bicyclic) bond motifs is 1. The fourth-order valence-corrected chi connectivity index (χ4v) is 5.49. The number of hydrogen-bond donors (Lipinski definition) is 3. The SMILES string of the molecule is CC(NS(=O)(=O)c1ccccc1)c1cccc2c(-c3cc(Cl)cc(Cl)c3)c(C(=O)O)[nH]c12. The second-order valence-corrected chi connectivity index (χ2v) is 9.85. The zero-order chi connectivity index (χ0) is 23.0. The first-order valence-electron chi connectivity index (χ1n) is 9.59. The molecule has 9 heteroatoms. The van der Waals surface area contributed by atoms with Crippen LogP contribution in [0.15, 0.2) is 71.6 Å². The van der Waals surface area contributed by atoms with E-state index in [0.717, 1.165) is 0 Å². The summed E-state index contributed by atoms with van der Waals surface area (Å²) in [5.41, 5.74) is 2.05. The molecule has 0 bridgehead atoms. The van der Waals surface area contributed by atoms with Gasteiger partial charge in [-0.05, 0) is 48.4 Å². The van der Waals surface area contributed by atoms with Crippen molar-refractivity contribution in [3.8, 4) is 11.1 Å². The van der Waals surface area contributed by atoms with Crippen LogP contribution in [-0.2, 0) is 10.0 Å². The summed E-state index contributed by atoms with van der Waals surface area (Å²) >= 11 is 12.3. The first-order chi connectivity index (χ1) is 15.2. The number of aromatic nitrogens is 1. The van der Waals surface area contributed by atoms with Crippen LogP contribution in [0.2, 0.25) is 10.0 Å². The molecule has 0 saturated carbocycles. The van der Waals surface area contributed by atoms with Crippen molar-refractivity contribution in [2.24, 2.45) is 0 Å². The van der Waals surface area contributed by atoms with Crippen molar-refractivity contribution in [2.75, 3.05) is 0 Å². The molecule has 4 rings (SSSR count). The van der Waals surface area contributed by atoms with Gasteiger partial charge in [-0.3, -0.25) is 0 Å². The van der Waals surface area contributed by atoms with Crippen LogP contribution >= 0.6 is 23.2 Å². The van der Waals surface area contributed by atoms with Gasteiger partial charge in [0.05, 0.1) is 10.4 Å². The maximum absolute atomic E-state index is 12.8. The number of para-hydroxylation sites is 1. The maximum atomic E-state index is 12.8. The lowest BCUT2D eigenvalue weighted by atomic mass is 9.99. The molecule has 0 spiro atoms. The zero-order valence-electron chi connectivity index (χ0n) is 16.8. The molecule has 1 atom stereocenters. The highest BCUT2D eigenvalue weighted by atomic mass is 35.5. The summed E-state index contributed by atoms with van der Waals surface area (Å²) in [5, 5.41) is 11.2. The molecule has 1 unspecified atom stereocenters. The number of hydrogen-bond acceptors (Lipinski definition) is 3. The fraction of sp³-hybridized carbons (Fsp3) is 0.0870. The third kappa shape index (κ3) is 4.25. The minimum Gasteiger partial charge on any atom is -0.477 e. The number of H-pyrrole nitrogens is 1. The van der Waals surface area contributed by atoms with Crippen LogP contribution in [0.4, 0.5) is 0 Å². The van der Waals surface area contributed by atoms with Crippen LogP contribution in [0.1, 0.15) is 29.0 Å². The van der Waals surface area contributed by atoms with Gasteiger partial charge in [0.25, 0.3) is 0 Å². The summed E-state index contributed by atoms with van der Waals surface area (Å²) in [6.07, 6.45) is 0. The summed E-state index contributed by atoms with van der Waals surface area (Å²) in [4.78, 5) is 15.1. The third-order valence-electron chi connectivity index (χ3n) is 5.08. The molecule has 1 aromatic heterocycles. The third-order valence-corrected chi connectivity index (χ3v) is 7.08. The zero-order valence-corrected chi connectivity index (χ0v) is 19.1. The molecule has 0 amide bonds. The van der Waals surface area contributed by atoms with Gasteiger partial charge in [-0.15, -0.1) is 0 Å². The molecule has 3 N–H and O–H groups in total. The highest BCUT2D eigenvalue weighted by Gasteiger charge is 2.24. The van der Waals surface area contributed by atoms with E-state index in [1.165, 1.54) is 12.1 Å². The van der Waals surface area contributed by atoms with Gasteiger partial charge in [-0.2, -0.15) is 0 Å². The van der Waals surface area contributed by atoms with E-state index < -0.39 is 22.0 Å². The Morgan fingerprint density at radius 1 is 1.00 bits per heavy atom. The van der Waals surface area contributed by atoms with E-state index in [2.05, 4.69) is 9.71 Å². The number of sulfonamides is 1. The number of aromatic carboxylic acids is 1. The summed E-state index contributed by atoms with van der Waals surface area (Å²) in [7, 11) is -3.77. The van der Waals surface area contributed by atoms with E-state index in [9.17, 15) is 18.3 Å². The molecule has 164 valence electrons. The van der Waals surface area contributed by atoms with Crippen molar-refractivity contribution in [1.29, 1.82) is 0 Å². The van der Waals surface area contributed by atoms with E-state index in [1.54, 1.807) is 61.5 Å². The monoisotopic (exact) mass is 488 g/mol. The lowest BCUT2D eigenvalue weighted by Gasteiger charge is -2.16. The minimum absolute atomic E-state index is 0.0381. The van der Waals surface area contributed by atoms with Crippen LogP contribution in [-0.4, -0.2) is 24.5 Å². The van der Waals surface area contributed by atoms with Crippen molar-refractivity contribution in [3.05, 3.63) is 88.0 Å². The Morgan fingerprint density at radius 2 is 1.66 bits per heavy atom. The highest BCUT2D eigenvalue weighted by Crippen LogP contribution is 2.38. The van der Waals surface area contributed by atoms with Crippen molar-refractivity contribution in [1.82, 2.24) is 9.71 Å². The first kappa shape index (κ1) is 22.4. The average Bonchev–Trinajstić information content (AvgIpc) is 3.13. The minimum atomic E-state index is -3.77. The molecule has 32 heavy (non-hydrogen) atoms. The van der Waals surface area contributed by atoms with E-state index in [-0.39, 0.29) is 10.6 Å². The van der Waals surface area contributed by atoms with Gasteiger partial charge in [0.1, 0.15) is 5.69 Å². The molecular formula is C23H18Cl2N2O4S. The van der Waals surface area contributed by atoms with Gasteiger partial charge in [-0.1, -0.05) is 59.6 Å². The Kier molecular flexibility index (Phi) is 6.01. The van der Waals surface area contributed by atoms with Crippen LogP contribution < -0.4 is 4.72 Å². The molecule has 0 radical (unpaired) electrons. The molecule has 0 fully saturated rings. The number of carboxylic acids is 1. The molecule has 1 heterocycles. The Hall–Kier alpha value is -2.84. The van der Waals surface area contributed by atoms with Crippen molar-refractivity contribution >= 4 is 50.1 Å². The average molecular weight is 489 g/mol. The Morgan fingerprint density at radius 3 is 2.28 bits per heavy atom. The van der Waals surface area contributed by atoms with Crippen molar-refractivity contribution in [2.45, 2.75) is 17.9 Å². The predicted molar refractivity (Wildman–Crippen MR) is 126 cm³/mol. The topological polar surface area (TPSA) is 99.3 Å². The van der Waals surface area contributed by atoms with Crippen LogP contribution in [0.5, 0.6) is 0 Å². The van der Waals surface area contributed by atoms with Gasteiger partial charge in [0, 0.05) is 27.0 Å². The van der Waals surface area contributed by atoms with Gasteiger partial charge < -0.3 is 10.1 Å². The molecule has 0 saturated heterocycles. The van der Waals surface area contributed by atoms with E-state index in [4.69, 9.17) is 23.2 Å². The van der Waals surface area contributed by atoms with E-state index in [0.29, 0.717) is 37.6 Å². The standard InChI is InChI=1S/C23H18Cl2N2O4S/c1-13(27-32(30,31)17-6-3-2-4-7-17)18-8-5-9-19-20(22(23(28)29)26-21(18)19)14-10-15(24)12-16(25)11-14/h2-13,26-27H,1H3,(H,28,29). The number of carboxylic acid groups (broad SMARTS) is 1. The maximum Gasteiger partial charge on any atom is 0.352 e. The summed E-state index contributed by atoms with van der Waals surface area (Å²) < 4.78 is 28.2. The fourth-order valence-electron chi connectivity index (χ4n) is 3.72. The van der Waals surface area contributed by atoms with Gasteiger partial charge in [0.15, 0.2) is 0 Å². The molecule has 0 aliphatic rings. The predicted octanol–water partition coefficient (Wildman–Crippen LogP) is 5.88. The number of carbonyl (C=O) groups is 1. The second kappa shape index (κ2) is 8.60. The number of halogens is 2. The quantitative estimate of drug-likeness (QED) is 0.315. The molecular weight excluding hydrogens is 471 g/mol. The molecule has 4 aromatic rings. The van der Waals surface area contributed by atoms with Crippen LogP contribution in [0, 0.1) is 0 Å². The van der Waals surface area contributed by atoms with Gasteiger partial charge in [0.2, 0.25) is 10.0 Å². The molecule has 6 nitrogen and oxygen atoms in total. The number of nitrogens with one attached hydrogen (secondary N) is 2. The summed E-state index contributed by atoms with van der Waals surface area (Å²) in [6.45, 7) is 1.70. The normalized spacial score (nSPS) is 12.7. The first-order valence-corrected chi connectivity index (χ1v) is 11.8. The van der Waals surface area contributed by atoms with Crippen molar-refractivity contribution in [3.63, 3.8) is 0 Å². The Labute approximate surface area is 194 Å². The smallest absolute Gasteiger partial charge is 0.352 e. The Balaban J connectivity index is 1.85. The lowest BCUT2D eigenvalue weighted by molar-refractivity contribution is 0.0692. The highest BCUT2D eigenvalue weighted by molar-refractivity contribution is 7.89. The van der Waals surface area contributed by atoms with Gasteiger partial charge in [-0.25, -0.2) is 17.9 Å². The van der Waals surface area contributed by atoms with Crippen LogP contribution in [0.3, 0.4) is 0 Å². The summed E-state index contributed by atoms with van der Waals surface area (Å²) in [6, 6.07) is 17.5. The number of rotatable bonds is 6. The second-order valence-electron chi connectivity index (χ2n) is 7.26. The lowest BCUT2D eigenvalue weighted by Crippen LogP contribution is -2.27. The Bertz CT molecular complexity index is 1410. The van der Waals surface area contributed by atoms with E-state index in [1.807, 2.05) is 0 Å². The molecule has 0 aliphatic heterocycles. The van der Waals surface area contributed by atoms with Crippen molar-refractivity contribution < 1.29 is 18.3 Å². The molecule has 3 aromatic carbocycles. The largest absolute Gasteiger partial charge is 0.477 e.